The molecule has 8 nitrogen and oxygen atoms in total. The predicted octanol–water partition coefficient (Wildman–Crippen LogP) is 3.28. The number of fused-ring (bicyclic) bond motifs is 1. The number of amides is 1. The minimum atomic E-state index is -3.96. The summed E-state index contributed by atoms with van der Waals surface area (Å²) < 4.78 is 30.7. The Morgan fingerprint density at radius 3 is 2.53 bits per heavy atom. The summed E-state index contributed by atoms with van der Waals surface area (Å²) >= 11 is 0. The first-order valence-electron chi connectivity index (χ1n) is 10.1. The quantitative estimate of drug-likeness (QED) is 0.586. The van der Waals surface area contributed by atoms with Crippen molar-refractivity contribution in [2.75, 3.05) is 23.3 Å². The Bertz CT molecular complexity index is 1190. The summed E-state index contributed by atoms with van der Waals surface area (Å²) in [7, 11) is -3.96. The zero-order valence-corrected chi connectivity index (χ0v) is 17.1. The van der Waals surface area contributed by atoms with E-state index >= 15 is 0 Å². The van der Waals surface area contributed by atoms with E-state index in [9.17, 15) is 13.2 Å². The third-order valence-electron chi connectivity index (χ3n) is 5.45. The summed E-state index contributed by atoms with van der Waals surface area (Å²) in [6, 6.07) is 11.5. The number of carbonyl (C=O) groups excluding carboxylic acids is 1. The molecular weight excluding hydrogens is 404 g/mol. The molecule has 9 heteroatoms. The van der Waals surface area contributed by atoms with Gasteiger partial charge in [-0.05, 0) is 62.1 Å². The van der Waals surface area contributed by atoms with Gasteiger partial charge in [0.25, 0.3) is 0 Å². The van der Waals surface area contributed by atoms with Crippen molar-refractivity contribution in [3.05, 3.63) is 42.5 Å². The molecule has 0 bridgehead atoms. The standard InChI is InChI=1S/C21H22N4O4S/c26-20(14-3-4-14)24-21-22-18-10-7-16(13-19(18)23-21)29-30(27,28)17-8-5-15(6-9-17)25-11-1-2-12-25/h5-10,13-14H,1-4,11-12H2,(H2,22,23,24,26). The number of hydrogen-bond acceptors (Lipinski definition) is 6. The van der Waals surface area contributed by atoms with Crippen LogP contribution < -0.4 is 14.4 Å². The number of H-pyrrole nitrogens is 1. The van der Waals surface area contributed by atoms with Crippen LogP contribution in [0.15, 0.2) is 47.4 Å². The third-order valence-corrected chi connectivity index (χ3v) is 6.71. The van der Waals surface area contributed by atoms with E-state index in [0.717, 1.165) is 44.5 Å². The number of anilines is 2. The van der Waals surface area contributed by atoms with E-state index in [0.29, 0.717) is 17.0 Å². The molecule has 1 aromatic heterocycles. The zero-order valence-electron chi connectivity index (χ0n) is 16.3. The zero-order chi connectivity index (χ0) is 20.7. The second-order valence-electron chi connectivity index (χ2n) is 7.75. The van der Waals surface area contributed by atoms with Gasteiger partial charge in [-0.2, -0.15) is 8.42 Å². The summed E-state index contributed by atoms with van der Waals surface area (Å²) in [6.45, 7) is 1.99. The van der Waals surface area contributed by atoms with Crippen LogP contribution in [-0.2, 0) is 14.9 Å². The van der Waals surface area contributed by atoms with Gasteiger partial charge in [0, 0.05) is 30.8 Å². The normalized spacial score (nSPS) is 16.7. The SMILES string of the molecule is O=C(Nc1nc2cc(OS(=O)(=O)c3ccc(N4CCCC4)cc3)ccc2[nH]1)C1CC1. The molecule has 2 N–H and O–H groups in total. The minimum Gasteiger partial charge on any atom is -0.379 e. The van der Waals surface area contributed by atoms with E-state index in [1.807, 2.05) is 12.1 Å². The molecule has 2 aliphatic rings. The van der Waals surface area contributed by atoms with Crippen molar-refractivity contribution in [2.24, 2.45) is 5.92 Å². The number of benzene rings is 2. The van der Waals surface area contributed by atoms with Gasteiger partial charge in [-0.3, -0.25) is 10.1 Å². The first-order valence-corrected chi connectivity index (χ1v) is 11.5. The van der Waals surface area contributed by atoms with Crippen LogP contribution >= 0.6 is 0 Å². The highest BCUT2D eigenvalue weighted by atomic mass is 32.2. The maximum absolute atomic E-state index is 12.7. The van der Waals surface area contributed by atoms with Gasteiger partial charge in [-0.1, -0.05) is 0 Å². The molecule has 30 heavy (non-hydrogen) atoms. The van der Waals surface area contributed by atoms with Crippen LogP contribution in [0.1, 0.15) is 25.7 Å². The highest BCUT2D eigenvalue weighted by Crippen LogP contribution is 2.30. The topological polar surface area (TPSA) is 104 Å². The Hall–Kier alpha value is -3.07. The Morgan fingerprint density at radius 2 is 1.83 bits per heavy atom. The van der Waals surface area contributed by atoms with Crippen LogP contribution in [0.2, 0.25) is 0 Å². The van der Waals surface area contributed by atoms with Gasteiger partial charge in [0.2, 0.25) is 11.9 Å². The molecule has 0 atom stereocenters. The average Bonchev–Trinajstić information content (AvgIpc) is 3.29. The second kappa shape index (κ2) is 7.32. The van der Waals surface area contributed by atoms with Gasteiger partial charge in [0.05, 0.1) is 11.0 Å². The molecule has 3 aromatic rings. The van der Waals surface area contributed by atoms with Crippen molar-refractivity contribution in [3.8, 4) is 5.75 Å². The molecule has 0 spiro atoms. The van der Waals surface area contributed by atoms with Crippen molar-refractivity contribution in [2.45, 2.75) is 30.6 Å². The van der Waals surface area contributed by atoms with E-state index in [-0.39, 0.29) is 22.5 Å². The first kappa shape index (κ1) is 18.9. The van der Waals surface area contributed by atoms with Gasteiger partial charge in [0.1, 0.15) is 10.6 Å². The van der Waals surface area contributed by atoms with Gasteiger partial charge < -0.3 is 14.1 Å². The molecular formula is C21H22N4O4S. The number of aromatic nitrogens is 2. The third kappa shape index (κ3) is 3.85. The maximum atomic E-state index is 12.7. The van der Waals surface area contributed by atoms with Crippen molar-refractivity contribution < 1.29 is 17.4 Å². The lowest BCUT2D eigenvalue weighted by molar-refractivity contribution is -0.117. The summed E-state index contributed by atoms with van der Waals surface area (Å²) in [4.78, 5) is 21.6. The van der Waals surface area contributed by atoms with Crippen LogP contribution in [0, 0.1) is 5.92 Å². The largest absolute Gasteiger partial charge is 0.379 e. The van der Waals surface area contributed by atoms with Crippen LogP contribution in [0.4, 0.5) is 11.6 Å². The van der Waals surface area contributed by atoms with Crippen LogP contribution in [0.25, 0.3) is 11.0 Å². The summed E-state index contributed by atoms with van der Waals surface area (Å²) in [6.07, 6.45) is 4.12. The molecule has 0 radical (unpaired) electrons. The summed E-state index contributed by atoms with van der Waals surface area (Å²) in [5, 5.41) is 2.75. The number of nitrogens with one attached hydrogen (secondary N) is 2. The maximum Gasteiger partial charge on any atom is 0.339 e. The molecule has 2 aromatic carbocycles. The fourth-order valence-corrected chi connectivity index (χ4v) is 4.56. The number of carbonyl (C=O) groups is 1. The fraction of sp³-hybridized carbons (Fsp3) is 0.333. The van der Waals surface area contributed by atoms with Crippen molar-refractivity contribution in [1.82, 2.24) is 9.97 Å². The molecule has 1 saturated carbocycles. The van der Waals surface area contributed by atoms with E-state index in [1.165, 1.54) is 6.07 Å². The van der Waals surface area contributed by atoms with E-state index in [1.54, 1.807) is 24.3 Å². The van der Waals surface area contributed by atoms with Crippen LogP contribution in [-0.4, -0.2) is 37.4 Å². The first-order chi connectivity index (χ1) is 14.5. The summed E-state index contributed by atoms with van der Waals surface area (Å²) in [5.41, 5.74) is 2.21. The van der Waals surface area contributed by atoms with Gasteiger partial charge >= 0.3 is 10.1 Å². The molecule has 1 saturated heterocycles. The number of imidazole rings is 1. The fourth-order valence-electron chi connectivity index (χ4n) is 3.63. The van der Waals surface area contributed by atoms with Gasteiger partial charge in [0.15, 0.2) is 0 Å². The molecule has 0 unspecified atom stereocenters. The lowest BCUT2D eigenvalue weighted by Gasteiger charge is -2.17. The number of hydrogen-bond donors (Lipinski definition) is 2. The highest BCUT2D eigenvalue weighted by Gasteiger charge is 2.30. The molecule has 1 aliphatic heterocycles. The van der Waals surface area contributed by atoms with Crippen LogP contribution in [0.5, 0.6) is 5.75 Å². The van der Waals surface area contributed by atoms with Crippen LogP contribution in [0.3, 0.4) is 0 Å². The van der Waals surface area contributed by atoms with Crippen molar-refractivity contribution in [1.29, 1.82) is 0 Å². The van der Waals surface area contributed by atoms with E-state index in [2.05, 4.69) is 20.2 Å². The Morgan fingerprint density at radius 1 is 1.10 bits per heavy atom. The molecule has 1 aliphatic carbocycles. The highest BCUT2D eigenvalue weighted by molar-refractivity contribution is 7.87. The number of aromatic amines is 1. The molecule has 2 fully saturated rings. The van der Waals surface area contributed by atoms with E-state index < -0.39 is 10.1 Å². The Kier molecular flexibility index (Phi) is 4.62. The molecule has 1 amide bonds. The molecule has 2 heterocycles. The lowest BCUT2D eigenvalue weighted by atomic mass is 10.3. The average molecular weight is 426 g/mol. The minimum absolute atomic E-state index is 0.0505. The molecule has 156 valence electrons. The summed E-state index contributed by atoms with van der Waals surface area (Å²) in [5.74, 6) is 0.529. The Labute approximate surface area is 174 Å². The number of rotatable bonds is 6. The number of nitrogens with zero attached hydrogens (tertiary/aromatic N) is 2. The van der Waals surface area contributed by atoms with E-state index in [4.69, 9.17) is 4.18 Å². The van der Waals surface area contributed by atoms with Gasteiger partial charge in [-0.25, -0.2) is 4.98 Å². The molecule has 5 rings (SSSR count). The van der Waals surface area contributed by atoms with Crippen molar-refractivity contribution in [3.63, 3.8) is 0 Å². The Balaban J connectivity index is 1.32. The van der Waals surface area contributed by atoms with Crippen molar-refractivity contribution >= 4 is 38.7 Å². The smallest absolute Gasteiger partial charge is 0.339 e. The monoisotopic (exact) mass is 426 g/mol. The predicted molar refractivity (Wildman–Crippen MR) is 113 cm³/mol. The second-order valence-corrected chi connectivity index (χ2v) is 9.30. The lowest BCUT2D eigenvalue weighted by Crippen LogP contribution is -2.17. The van der Waals surface area contributed by atoms with Gasteiger partial charge in [-0.15, -0.1) is 0 Å².